The van der Waals surface area contributed by atoms with Crippen molar-refractivity contribution in [1.29, 1.82) is 0 Å². The van der Waals surface area contributed by atoms with Gasteiger partial charge in [0, 0.05) is 23.0 Å². The zero-order valence-electron chi connectivity index (χ0n) is 7.62. The van der Waals surface area contributed by atoms with Crippen LogP contribution in [0.1, 0.15) is 10.5 Å². The first kappa shape index (κ1) is 9.09. The fourth-order valence-electron chi connectivity index (χ4n) is 1.56. The van der Waals surface area contributed by atoms with Gasteiger partial charge in [0.2, 0.25) is 0 Å². The molecular weight excluding hydrogens is 200 g/mol. The number of nitrogens with two attached hydrogens (primary N) is 1. The number of benzene rings is 1. The van der Waals surface area contributed by atoms with Gasteiger partial charge in [0.05, 0.1) is 0 Å². The zero-order valence-corrected chi connectivity index (χ0v) is 8.38. The Morgan fingerprint density at radius 1 is 1.43 bits per heavy atom. The molecule has 1 aromatic carbocycles. The van der Waals surface area contributed by atoms with Crippen molar-refractivity contribution in [3.05, 3.63) is 35.0 Å². The lowest BCUT2D eigenvalue weighted by Gasteiger charge is -1.99. The van der Waals surface area contributed by atoms with E-state index in [1.54, 1.807) is 23.7 Å². The van der Waals surface area contributed by atoms with E-state index in [-0.39, 0.29) is 0 Å². The summed E-state index contributed by atoms with van der Waals surface area (Å²) < 4.78 is 1.76. The van der Waals surface area contributed by atoms with E-state index in [1.807, 2.05) is 12.1 Å². The van der Waals surface area contributed by atoms with Gasteiger partial charge in [0.1, 0.15) is 5.69 Å². The Balaban J connectivity index is 2.79. The highest BCUT2D eigenvalue weighted by Gasteiger charge is 2.09. The normalized spacial score (nSPS) is 10.7. The van der Waals surface area contributed by atoms with Gasteiger partial charge in [0.15, 0.2) is 0 Å². The molecule has 0 saturated heterocycles. The Kier molecular flexibility index (Phi) is 1.97. The summed E-state index contributed by atoms with van der Waals surface area (Å²) in [5.41, 5.74) is 6.66. The second kappa shape index (κ2) is 3.03. The molecule has 0 bridgehead atoms. The summed E-state index contributed by atoms with van der Waals surface area (Å²) in [6.45, 7) is 0. The Labute approximate surface area is 86.1 Å². The Hall–Kier alpha value is -1.48. The molecule has 14 heavy (non-hydrogen) atoms. The summed E-state index contributed by atoms with van der Waals surface area (Å²) in [4.78, 5) is 11.0. The van der Waals surface area contributed by atoms with E-state index in [9.17, 15) is 4.79 Å². The van der Waals surface area contributed by atoms with E-state index in [4.69, 9.17) is 17.3 Å². The number of carbonyl (C=O) groups is 1. The predicted octanol–water partition coefficient (Wildman–Crippen LogP) is 1.93. The summed E-state index contributed by atoms with van der Waals surface area (Å²) in [5.74, 6) is -0.431. The molecule has 2 aromatic rings. The Morgan fingerprint density at radius 2 is 2.14 bits per heavy atom. The van der Waals surface area contributed by atoms with Gasteiger partial charge in [0.25, 0.3) is 5.91 Å². The highest BCUT2D eigenvalue weighted by Crippen LogP contribution is 2.22. The van der Waals surface area contributed by atoms with Gasteiger partial charge in [-0.15, -0.1) is 0 Å². The summed E-state index contributed by atoms with van der Waals surface area (Å²) in [5, 5.41) is 1.58. The smallest absolute Gasteiger partial charge is 0.265 e. The first-order valence-corrected chi connectivity index (χ1v) is 4.52. The van der Waals surface area contributed by atoms with Crippen molar-refractivity contribution in [2.24, 2.45) is 12.8 Å². The summed E-state index contributed by atoms with van der Waals surface area (Å²) in [6, 6.07) is 7.20. The van der Waals surface area contributed by atoms with E-state index in [2.05, 4.69) is 0 Å². The minimum absolute atomic E-state index is 0.431. The number of hydrogen-bond donors (Lipinski definition) is 1. The first-order chi connectivity index (χ1) is 6.59. The molecule has 0 aliphatic rings. The molecule has 1 aromatic heterocycles. The maximum Gasteiger partial charge on any atom is 0.265 e. The molecule has 0 aliphatic heterocycles. The number of primary amides is 1. The van der Waals surface area contributed by atoms with Gasteiger partial charge in [-0.2, -0.15) is 0 Å². The molecular formula is C10H9ClN2O. The minimum Gasteiger partial charge on any atom is -0.364 e. The molecule has 0 aliphatic carbocycles. The van der Waals surface area contributed by atoms with Crippen LogP contribution in [0.25, 0.3) is 10.9 Å². The molecule has 0 spiro atoms. The van der Waals surface area contributed by atoms with Gasteiger partial charge in [-0.1, -0.05) is 11.6 Å². The third kappa shape index (κ3) is 1.26. The number of aryl methyl sites for hydroxylation is 1. The fourth-order valence-corrected chi connectivity index (χ4v) is 1.74. The average Bonchev–Trinajstić information content (AvgIpc) is 2.43. The van der Waals surface area contributed by atoms with Crippen LogP contribution >= 0.6 is 11.6 Å². The van der Waals surface area contributed by atoms with Crippen molar-refractivity contribution in [3.8, 4) is 0 Å². The number of hydrogen-bond acceptors (Lipinski definition) is 1. The van der Waals surface area contributed by atoms with Crippen LogP contribution < -0.4 is 5.73 Å². The average molecular weight is 209 g/mol. The number of carbonyl (C=O) groups excluding carboxylic acids is 1. The van der Waals surface area contributed by atoms with Crippen LogP contribution in [0.4, 0.5) is 0 Å². The van der Waals surface area contributed by atoms with Crippen molar-refractivity contribution >= 4 is 28.4 Å². The predicted molar refractivity (Wildman–Crippen MR) is 56.4 cm³/mol. The van der Waals surface area contributed by atoms with Crippen LogP contribution in [0.3, 0.4) is 0 Å². The summed E-state index contributed by atoms with van der Waals surface area (Å²) in [6.07, 6.45) is 0. The second-order valence-electron chi connectivity index (χ2n) is 3.16. The van der Waals surface area contributed by atoms with Gasteiger partial charge in [-0.25, -0.2) is 0 Å². The van der Waals surface area contributed by atoms with Gasteiger partial charge in [-0.05, 0) is 24.3 Å². The first-order valence-electron chi connectivity index (χ1n) is 4.14. The Bertz CT molecular complexity index is 516. The van der Waals surface area contributed by atoms with E-state index in [0.29, 0.717) is 10.7 Å². The van der Waals surface area contributed by atoms with Crippen LogP contribution in [0.5, 0.6) is 0 Å². The molecule has 0 unspecified atom stereocenters. The van der Waals surface area contributed by atoms with E-state index in [1.165, 1.54) is 0 Å². The number of halogens is 1. The van der Waals surface area contributed by atoms with Crippen molar-refractivity contribution < 1.29 is 4.79 Å². The van der Waals surface area contributed by atoms with Crippen LogP contribution in [0, 0.1) is 0 Å². The second-order valence-corrected chi connectivity index (χ2v) is 3.59. The number of amides is 1. The third-order valence-electron chi connectivity index (χ3n) is 2.26. The van der Waals surface area contributed by atoms with Crippen molar-refractivity contribution in [1.82, 2.24) is 4.57 Å². The van der Waals surface area contributed by atoms with Crippen LogP contribution in [0.15, 0.2) is 24.3 Å². The SMILES string of the molecule is Cn1c(C(N)=O)cc2cc(Cl)ccc21. The van der Waals surface area contributed by atoms with Crippen LogP contribution in [0.2, 0.25) is 5.02 Å². The van der Waals surface area contributed by atoms with E-state index < -0.39 is 5.91 Å². The molecule has 72 valence electrons. The molecule has 1 amide bonds. The molecule has 4 heteroatoms. The number of rotatable bonds is 1. The van der Waals surface area contributed by atoms with Crippen LogP contribution in [-0.4, -0.2) is 10.5 Å². The molecule has 0 fully saturated rings. The number of fused-ring (bicyclic) bond motifs is 1. The van der Waals surface area contributed by atoms with Gasteiger partial charge in [-0.3, -0.25) is 4.79 Å². The molecule has 0 atom stereocenters. The van der Waals surface area contributed by atoms with Gasteiger partial charge >= 0.3 is 0 Å². The molecule has 0 saturated carbocycles. The maximum absolute atomic E-state index is 11.0. The minimum atomic E-state index is -0.431. The van der Waals surface area contributed by atoms with E-state index >= 15 is 0 Å². The summed E-state index contributed by atoms with van der Waals surface area (Å²) in [7, 11) is 1.80. The molecule has 2 N–H and O–H groups in total. The molecule has 3 nitrogen and oxygen atoms in total. The maximum atomic E-state index is 11.0. The third-order valence-corrected chi connectivity index (χ3v) is 2.49. The fraction of sp³-hybridized carbons (Fsp3) is 0.100. The lowest BCUT2D eigenvalue weighted by atomic mass is 10.2. The van der Waals surface area contributed by atoms with Crippen molar-refractivity contribution in [2.45, 2.75) is 0 Å². The molecule has 0 radical (unpaired) electrons. The molecule has 2 rings (SSSR count). The summed E-state index contributed by atoms with van der Waals surface area (Å²) >= 11 is 5.83. The zero-order chi connectivity index (χ0) is 10.3. The van der Waals surface area contributed by atoms with Crippen molar-refractivity contribution in [3.63, 3.8) is 0 Å². The standard InChI is InChI=1S/C10H9ClN2O/c1-13-8-3-2-7(11)4-6(8)5-9(13)10(12)14/h2-5H,1H3,(H2,12,14). The number of nitrogens with zero attached hydrogens (tertiary/aromatic N) is 1. The Morgan fingerprint density at radius 3 is 2.79 bits per heavy atom. The van der Waals surface area contributed by atoms with E-state index in [0.717, 1.165) is 10.9 Å². The lowest BCUT2D eigenvalue weighted by Crippen LogP contribution is -2.14. The highest BCUT2D eigenvalue weighted by atomic mass is 35.5. The quantitative estimate of drug-likeness (QED) is 0.765. The number of aromatic nitrogens is 1. The molecule has 1 heterocycles. The van der Waals surface area contributed by atoms with Crippen molar-refractivity contribution in [2.75, 3.05) is 0 Å². The monoisotopic (exact) mass is 208 g/mol. The lowest BCUT2D eigenvalue weighted by molar-refractivity contribution is 0.0993. The topological polar surface area (TPSA) is 48.0 Å². The van der Waals surface area contributed by atoms with Crippen LogP contribution in [-0.2, 0) is 7.05 Å². The highest BCUT2D eigenvalue weighted by molar-refractivity contribution is 6.31. The largest absolute Gasteiger partial charge is 0.364 e. The van der Waals surface area contributed by atoms with Gasteiger partial charge < -0.3 is 10.3 Å².